The minimum atomic E-state index is 0.663. The molecule has 0 aromatic carbocycles. The Labute approximate surface area is 97.5 Å². The van der Waals surface area contributed by atoms with Crippen molar-refractivity contribution in [3.63, 3.8) is 0 Å². The van der Waals surface area contributed by atoms with Gasteiger partial charge in [-0.05, 0) is 25.5 Å². The van der Waals surface area contributed by atoms with Gasteiger partial charge in [-0.1, -0.05) is 13.0 Å². The highest BCUT2D eigenvalue weighted by Crippen LogP contribution is 2.16. The van der Waals surface area contributed by atoms with Crippen LogP contribution in [0.15, 0.2) is 31.1 Å². The third kappa shape index (κ3) is 4.45. The molecule has 0 bridgehead atoms. The van der Waals surface area contributed by atoms with E-state index in [0.717, 1.165) is 37.2 Å². The molecule has 16 heavy (non-hydrogen) atoms. The second-order valence-corrected chi connectivity index (χ2v) is 3.59. The molecule has 1 rings (SSSR count). The lowest BCUT2D eigenvalue weighted by atomic mass is 10.2. The largest absolute Gasteiger partial charge is 0.491 e. The van der Waals surface area contributed by atoms with E-state index in [4.69, 9.17) is 4.74 Å². The lowest BCUT2D eigenvalue weighted by Gasteiger charge is -2.10. The summed E-state index contributed by atoms with van der Waals surface area (Å²) in [6.07, 6.45) is 7.41. The highest BCUT2D eigenvalue weighted by Gasteiger charge is 2.02. The van der Waals surface area contributed by atoms with Gasteiger partial charge in [-0.15, -0.1) is 6.58 Å². The van der Waals surface area contributed by atoms with E-state index in [-0.39, 0.29) is 0 Å². The quantitative estimate of drug-likeness (QED) is 0.540. The van der Waals surface area contributed by atoms with Gasteiger partial charge in [-0.25, -0.2) is 0 Å². The van der Waals surface area contributed by atoms with Crippen LogP contribution in [0.2, 0.25) is 0 Å². The maximum atomic E-state index is 5.63. The van der Waals surface area contributed by atoms with Crippen molar-refractivity contribution in [3.05, 3.63) is 36.7 Å². The number of nitrogens with one attached hydrogen (secondary N) is 1. The molecule has 1 aromatic rings. The SMILES string of the molecule is C=CCCOc1cnccc1CNCCC. The van der Waals surface area contributed by atoms with E-state index in [1.807, 2.05) is 12.1 Å². The van der Waals surface area contributed by atoms with Crippen molar-refractivity contribution >= 4 is 0 Å². The Morgan fingerprint density at radius 1 is 1.56 bits per heavy atom. The van der Waals surface area contributed by atoms with Crippen LogP contribution < -0.4 is 10.1 Å². The zero-order valence-corrected chi connectivity index (χ0v) is 9.91. The standard InChI is InChI=1S/C13H20N2O/c1-3-5-9-16-13-11-15-8-6-12(13)10-14-7-4-2/h3,6,8,11,14H,1,4-5,7,9-10H2,2H3. The zero-order chi connectivity index (χ0) is 11.6. The van der Waals surface area contributed by atoms with Gasteiger partial charge in [-0.2, -0.15) is 0 Å². The van der Waals surface area contributed by atoms with Crippen LogP contribution in [-0.4, -0.2) is 18.1 Å². The highest BCUT2D eigenvalue weighted by atomic mass is 16.5. The first-order chi connectivity index (χ1) is 7.88. The normalized spacial score (nSPS) is 10.1. The molecule has 0 aliphatic heterocycles. The number of rotatable bonds is 8. The summed E-state index contributed by atoms with van der Waals surface area (Å²) >= 11 is 0. The van der Waals surface area contributed by atoms with Crippen LogP contribution in [-0.2, 0) is 6.54 Å². The van der Waals surface area contributed by atoms with Crippen molar-refractivity contribution in [2.24, 2.45) is 0 Å². The third-order valence-corrected chi connectivity index (χ3v) is 2.19. The first-order valence-corrected chi connectivity index (χ1v) is 5.75. The van der Waals surface area contributed by atoms with E-state index < -0.39 is 0 Å². The summed E-state index contributed by atoms with van der Waals surface area (Å²) in [7, 11) is 0. The molecule has 0 atom stereocenters. The number of hydrogen-bond donors (Lipinski definition) is 1. The molecule has 0 spiro atoms. The molecule has 0 fully saturated rings. The Bertz CT molecular complexity index is 313. The smallest absolute Gasteiger partial charge is 0.142 e. The second-order valence-electron chi connectivity index (χ2n) is 3.59. The Morgan fingerprint density at radius 3 is 3.19 bits per heavy atom. The Kier molecular flexibility index (Phi) is 6.26. The van der Waals surface area contributed by atoms with Gasteiger partial charge in [0.05, 0.1) is 12.8 Å². The van der Waals surface area contributed by atoms with Crippen molar-refractivity contribution in [2.45, 2.75) is 26.3 Å². The van der Waals surface area contributed by atoms with Crippen LogP contribution in [0.25, 0.3) is 0 Å². The Hall–Kier alpha value is -1.35. The molecular formula is C13H20N2O. The number of hydrogen-bond acceptors (Lipinski definition) is 3. The molecule has 88 valence electrons. The van der Waals surface area contributed by atoms with Gasteiger partial charge >= 0.3 is 0 Å². The maximum absolute atomic E-state index is 5.63. The summed E-state index contributed by atoms with van der Waals surface area (Å²) in [5, 5.41) is 3.35. The first kappa shape index (κ1) is 12.7. The lowest BCUT2D eigenvalue weighted by Crippen LogP contribution is -2.14. The molecule has 0 saturated heterocycles. The fourth-order valence-electron chi connectivity index (χ4n) is 1.34. The maximum Gasteiger partial charge on any atom is 0.142 e. The van der Waals surface area contributed by atoms with E-state index in [0.29, 0.717) is 6.61 Å². The first-order valence-electron chi connectivity index (χ1n) is 5.75. The molecule has 3 heteroatoms. The van der Waals surface area contributed by atoms with Crippen LogP contribution in [0.4, 0.5) is 0 Å². The number of aromatic nitrogens is 1. The summed E-state index contributed by atoms with van der Waals surface area (Å²) in [6.45, 7) is 8.34. The van der Waals surface area contributed by atoms with Crippen LogP contribution >= 0.6 is 0 Å². The molecule has 0 radical (unpaired) electrons. The van der Waals surface area contributed by atoms with Gasteiger partial charge in [-0.3, -0.25) is 4.98 Å². The second kappa shape index (κ2) is 7.88. The molecule has 0 aliphatic rings. The van der Waals surface area contributed by atoms with E-state index in [9.17, 15) is 0 Å². The fourth-order valence-corrected chi connectivity index (χ4v) is 1.34. The van der Waals surface area contributed by atoms with Gasteiger partial charge in [0.2, 0.25) is 0 Å². The molecule has 1 heterocycles. The average molecular weight is 220 g/mol. The minimum Gasteiger partial charge on any atom is -0.491 e. The topological polar surface area (TPSA) is 34.1 Å². The lowest BCUT2D eigenvalue weighted by molar-refractivity contribution is 0.319. The van der Waals surface area contributed by atoms with Crippen molar-refractivity contribution in [1.82, 2.24) is 10.3 Å². The number of nitrogens with zero attached hydrogens (tertiary/aromatic N) is 1. The van der Waals surface area contributed by atoms with Crippen LogP contribution in [0.1, 0.15) is 25.3 Å². The molecule has 0 saturated carbocycles. The van der Waals surface area contributed by atoms with Crippen LogP contribution in [0.5, 0.6) is 5.75 Å². The van der Waals surface area contributed by atoms with Crippen molar-refractivity contribution < 1.29 is 4.74 Å². The average Bonchev–Trinajstić information content (AvgIpc) is 2.32. The summed E-state index contributed by atoms with van der Waals surface area (Å²) in [5.74, 6) is 0.868. The van der Waals surface area contributed by atoms with Crippen LogP contribution in [0, 0.1) is 0 Å². The van der Waals surface area contributed by atoms with E-state index in [1.54, 1.807) is 12.4 Å². The Balaban J connectivity index is 2.49. The molecule has 0 unspecified atom stereocenters. The zero-order valence-electron chi connectivity index (χ0n) is 9.91. The molecule has 3 nitrogen and oxygen atoms in total. The van der Waals surface area contributed by atoms with Crippen molar-refractivity contribution in [1.29, 1.82) is 0 Å². The molecule has 0 amide bonds. The van der Waals surface area contributed by atoms with Gasteiger partial charge in [0, 0.05) is 18.3 Å². The minimum absolute atomic E-state index is 0.663. The van der Waals surface area contributed by atoms with Gasteiger partial charge < -0.3 is 10.1 Å². The fraction of sp³-hybridized carbons (Fsp3) is 0.462. The molecule has 1 N–H and O–H groups in total. The van der Waals surface area contributed by atoms with E-state index in [1.165, 1.54) is 0 Å². The van der Waals surface area contributed by atoms with E-state index in [2.05, 4.69) is 23.8 Å². The van der Waals surface area contributed by atoms with E-state index >= 15 is 0 Å². The molecule has 1 aromatic heterocycles. The van der Waals surface area contributed by atoms with Gasteiger partial charge in [0.1, 0.15) is 5.75 Å². The van der Waals surface area contributed by atoms with Gasteiger partial charge in [0.25, 0.3) is 0 Å². The summed E-state index contributed by atoms with van der Waals surface area (Å²) in [4.78, 5) is 4.07. The van der Waals surface area contributed by atoms with Gasteiger partial charge in [0.15, 0.2) is 0 Å². The molecular weight excluding hydrogens is 200 g/mol. The monoisotopic (exact) mass is 220 g/mol. The number of ether oxygens (including phenoxy) is 1. The Morgan fingerprint density at radius 2 is 2.44 bits per heavy atom. The summed E-state index contributed by atoms with van der Waals surface area (Å²) in [5.41, 5.74) is 1.16. The predicted octanol–water partition coefficient (Wildman–Crippen LogP) is 2.54. The number of pyridine rings is 1. The van der Waals surface area contributed by atoms with Crippen molar-refractivity contribution in [3.8, 4) is 5.75 Å². The molecule has 0 aliphatic carbocycles. The predicted molar refractivity (Wildman–Crippen MR) is 66.5 cm³/mol. The van der Waals surface area contributed by atoms with Crippen molar-refractivity contribution in [2.75, 3.05) is 13.2 Å². The summed E-state index contributed by atoms with van der Waals surface area (Å²) in [6, 6.07) is 1.99. The summed E-state index contributed by atoms with van der Waals surface area (Å²) < 4.78 is 5.63. The highest BCUT2D eigenvalue weighted by molar-refractivity contribution is 5.29. The van der Waals surface area contributed by atoms with Crippen LogP contribution in [0.3, 0.4) is 0 Å². The third-order valence-electron chi connectivity index (χ3n) is 2.19.